The molecule has 1 aromatic heterocycles. The van der Waals surface area contributed by atoms with E-state index in [1.807, 2.05) is 38.1 Å². The van der Waals surface area contributed by atoms with Crippen LogP contribution in [-0.2, 0) is 21.4 Å². The highest BCUT2D eigenvalue weighted by Crippen LogP contribution is 2.22. The van der Waals surface area contributed by atoms with Gasteiger partial charge in [-0.2, -0.15) is 4.31 Å². The molecule has 0 bridgehead atoms. The zero-order valence-corrected chi connectivity index (χ0v) is 18.5. The quantitative estimate of drug-likeness (QED) is 0.594. The third-order valence-electron chi connectivity index (χ3n) is 5.14. The molecule has 1 amide bonds. The van der Waals surface area contributed by atoms with Gasteiger partial charge in [-0.3, -0.25) is 4.79 Å². The van der Waals surface area contributed by atoms with Gasteiger partial charge in [0.2, 0.25) is 15.9 Å². The van der Waals surface area contributed by atoms with Gasteiger partial charge in [0.15, 0.2) is 0 Å². The van der Waals surface area contributed by atoms with Crippen LogP contribution >= 0.6 is 0 Å². The van der Waals surface area contributed by atoms with Gasteiger partial charge in [-0.25, -0.2) is 13.1 Å². The fraction of sp³-hybridized carbons (Fsp3) is 0.381. The predicted molar refractivity (Wildman–Crippen MR) is 115 cm³/mol. The maximum atomic E-state index is 12.9. The van der Waals surface area contributed by atoms with E-state index in [2.05, 4.69) is 22.6 Å². The van der Waals surface area contributed by atoms with Gasteiger partial charge in [-0.1, -0.05) is 42.0 Å². The summed E-state index contributed by atoms with van der Waals surface area (Å²) in [5.41, 5.74) is 3.38. The molecule has 30 heavy (non-hydrogen) atoms. The first-order valence-corrected chi connectivity index (χ1v) is 11.3. The van der Waals surface area contributed by atoms with Crippen LogP contribution in [0.1, 0.15) is 37.4 Å². The molecule has 1 atom stereocenters. The Morgan fingerprint density at radius 3 is 2.57 bits per heavy atom. The second kappa shape index (κ2) is 8.93. The Morgan fingerprint density at radius 2 is 1.90 bits per heavy atom. The molecule has 3 aromatic rings. The fourth-order valence-corrected chi connectivity index (χ4v) is 4.16. The molecule has 2 aromatic carbocycles. The van der Waals surface area contributed by atoms with Crippen molar-refractivity contribution in [3.8, 4) is 0 Å². The van der Waals surface area contributed by atoms with Crippen LogP contribution < -0.4 is 5.32 Å². The minimum Gasteiger partial charge on any atom is -0.351 e. The normalized spacial score (nSPS) is 13.0. The first kappa shape index (κ1) is 21.9. The molecule has 9 heteroatoms. The summed E-state index contributed by atoms with van der Waals surface area (Å²) in [7, 11) is -2.45. The summed E-state index contributed by atoms with van der Waals surface area (Å²) in [6.45, 7) is 6.14. The minimum absolute atomic E-state index is 0.0834. The van der Waals surface area contributed by atoms with Crippen LogP contribution in [0, 0.1) is 6.92 Å². The summed E-state index contributed by atoms with van der Waals surface area (Å²) >= 11 is 0. The summed E-state index contributed by atoms with van der Waals surface area (Å²) in [6, 6.07) is 12.7. The number of aryl methyl sites for hydroxylation is 1. The van der Waals surface area contributed by atoms with Gasteiger partial charge in [0.25, 0.3) is 0 Å². The number of carbonyl (C=O) groups is 1. The molecular formula is C21H27N5O3S. The number of nitrogens with one attached hydrogen (secondary N) is 1. The Bertz CT molecular complexity index is 1140. The van der Waals surface area contributed by atoms with E-state index in [-0.39, 0.29) is 23.4 Å². The standard InChI is InChI=1S/C21H27N5O3S/c1-5-16(3)26-20-11-10-18(12-19(20)23-24-26)30(28,29)25(4)14-21(27)22-13-17-8-6-15(2)7-9-17/h6-12,16H,5,13-14H2,1-4H3,(H,22,27)/t16-/m1/s1. The summed E-state index contributed by atoms with van der Waals surface area (Å²) in [4.78, 5) is 12.3. The molecule has 0 unspecified atom stereocenters. The molecule has 0 aliphatic heterocycles. The highest BCUT2D eigenvalue weighted by molar-refractivity contribution is 7.89. The van der Waals surface area contributed by atoms with E-state index in [1.54, 1.807) is 10.7 Å². The van der Waals surface area contributed by atoms with Crippen molar-refractivity contribution in [1.29, 1.82) is 0 Å². The fourth-order valence-electron chi connectivity index (χ4n) is 3.01. The Labute approximate surface area is 176 Å². The van der Waals surface area contributed by atoms with E-state index in [4.69, 9.17) is 0 Å². The number of nitrogens with zero attached hydrogens (tertiary/aromatic N) is 4. The van der Waals surface area contributed by atoms with Crippen LogP contribution in [-0.4, -0.2) is 47.2 Å². The Morgan fingerprint density at radius 1 is 1.20 bits per heavy atom. The van der Waals surface area contributed by atoms with E-state index in [0.29, 0.717) is 12.1 Å². The number of hydrogen-bond donors (Lipinski definition) is 1. The Kier molecular flexibility index (Phi) is 6.52. The third kappa shape index (κ3) is 4.68. The summed E-state index contributed by atoms with van der Waals surface area (Å²) < 4.78 is 28.6. The number of rotatable bonds is 8. The number of carbonyl (C=O) groups excluding carboxylic acids is 1. The molecule has 0 saturated heterocycles. The number of benzene rings is 2. The topological polar surface area (TPSA) is 97.2 Å². The zero-order valence-electron chi connectivity index (χ0n) is 17.7. The molecule has 0 saturated carbocycles. The van der Waals surface area contributed by atoms with Crippen molar-refractivity contribution in [3.63, 3.8) is 0 Å². The van der Waals surface area contributed by atoms with Gasteiger partial charge in [-0.15, -0.1) is 5.10 Å². The first-order valence-electron chi connectivity index (χ1n) is 9.86. The van der Waals surface area contributed by atoms with E-state index < -0.39 is 10.0 Å². The van der Waals surface area contributed by atoms with E-state index >= 15 is 0 Å². The zero-order chi connectivity index (χ0) is 21.9. The van der Waals surface area contributed by atoms with Gasteiger partial charge in [0.05, 0.1) is 23.0 Å². The van der Waals surface area contributed by atoms with Crippen LogP contribution in [0.2, 0.25) is 0 Å². The van der Waals surface area contributed by atoms with Gasteiger partial charge < -0.3 is 5.32 Å². The van der Waals surface area contributed by atoms with E-state index in [0.717, 1.165) is 27.4 Å². The van der Waals surface area contributed by atoms with Crippen molar-refractivity contribution in [2.75, 3.05) is 13.6 Å². The Hall–Kier alpha value is -2.78. The largest absolute Gasteiger partial charge is 0.351 e. The highest BCUT2D eigenvalue weighted by atomic mass is 32.2. The SMILES string of the molecule is CC[C@@H](C)n1nnc2cc(S(=O)(=O)N(C)CC(=O)NCc3ccc(C)cc3)ccc21. The number of aromatic nitrogens is 3. The van der Waals surface area contributed by atoms with Crippen LogP contribution in [0.5, 0.6) is 0 Å². The smallest absolute Gasteiger partial charge is 0.243 e. The molecule has 0 spiro atoms. The van der Waals surface area contributed by atoms with Crippen molar-refractivity contribution in [2.24, 2.45) is 0 Å². The molecule has 0 radical (unpaired) electrons. The summed E-state index contributed by atoms with van der Waals surface area (Å²) in [5, 5.41) is 11.0. The maximum Gasteiger partial charge on any atom is 0.243 e. The average molecular weight is 430 g/mol. The lowest BCUT2D eigenvalue weighted by molar-refractivity contribution is -0.121. The lowest BCUT2D eigenvalue weighted by Crippen LogP contribution is -2.38. The number of hydrogen-bond acceptors (Lipinski definition) is 5. The van der Waals surface area contributed by atoms with Gasteiger partial charge in [-0.05, 0) is 44.0 Å². The lowest BCUT2D eigenvalue weighted by Gasteiger charge is -2.17. The summed E-state index contributed by atoms with van der Waals surface area (Å²) in [6.07, 6.45) is 0.888. The van der Waals surface area contributed by atoms with Crippen molar-refractivity contribution in [3.05, 3.63) is 53.6 Å². The van der Waals surface area contributed by atoms with Gasteiger partial charge in [0.1, 0.15) is 5.52 Å². The summed E-state index contributed by atoms with van der Waals surface area (Å²) in [5.74, 6) is -0.370. The van der Waals surface area contributed by atoms with Crippen molar-refractivity contribution < 1.29 is 13.2 Å². The second-order valence-corrected chi connectivity index (χ2v) is 9.51. The van der Waals surface area contributed by atoms with E-state index in [1.165, 1.54) is 19.2 Å². The van der Waals surface area contributed by atoms with Crippen LogP contribution in [0.25, 0.3) is 11.0 Å². The predicted octanol–water partition coefficient (Wildman–Crippen LogP) is 2.65. The molecule has 0 aliphatic carbocycles. The Balaban J connectivity index is 1.69. The van der Waals surface area contributed by atoms with Crippen LogP contribution in [0.15, 0.2) is 47.4 Å². The van der Waals surface area contributed by atoms with E-state index in [9.17, 15) is 13.2 Å². The molecule has 1 heterocycles. The first-order chi connectivity index (χ1) is 14.2. The monoisotopic (exact) mass is 429 g/mol. The molecule has 1 N–H and O–H groups in total. The molecular weight excluding hydrogens is 402 g/mol. The minimum atomic E-state index is -3.84. The number of likely N-dealkylation sites (N-methyl/N-ethyl adjacent to an activating group) is 1. The lowest BCUT2D eigenvalue weighted by atomic mass is 10.1. The number of sulfonamides is 1. The average Bonchev–Trinajstić information content (AvgIpc) is 3.16. The molecule has 8 nitrogen and oxygen atoms in total. The number of fused-ring (bicyclic) bond motifs is 1. The highest BCUT2D eigenvalue weighted by Gasteiger charge is 2.24. The molecule has 160 valence electrons. The molecule has 0 aliphatic rings. The van der Waals surface area contributed by atoms with Crippen molar-refractivity contribution in [2.45, 2.75) is 44.7 Å². The van der Waals surface area contributed by atoms with Crippen molar-refractivity contribution >= 4 is 27.0 Å². The molecule has 3 rings (SSSR count). The van der Waals surface area contributed by atoms with Crippen LogP contribution in [0.4, 0.5) is 0 Å². The van der Waals surface area contributed by atoms with Gasteiger partial charge in [0, 0.05) is 13.6 Å². The maximum absolute atomic E-state index is 12.9. The second-order valence-electron chi connectivity index (χ2n) is 7.47. The van der Waals surface area contributed by atoms with Crippen molar-refractivity contribution in [1.82, 2.24) is 24.6 Å². The van der Waals surface area contributed by atoms with Crippen LogP contribution in [0.3, 0.4) is 0 Å². The third-order valence-corrected chi connectivity index (χ3v) is 6.93. The number of amides is 1. The molecule has 0 fully saturated rings. The van der Waals surface area contributed by atoms with Gasteiger partial charge >= 0.3 is 0 Å².